The number of anilines is 1. The van der Waals surface area contributed by atoms with E-state index < -0.39 is 0 Å². The quantitative estimate of drug-likeness (QED) is 0.382. The van der Waals surface area contributed by atoms with Gasteiger partial charge in [-0.05, 0) is 30.4 Å². The first-order valence-electron chi connectivity index (χ1n) is 4.51. The number of H-pyrrole nitrogens is 1. The first-order valence-corrected chi connectivity index (χ1v) is 5.30. The molecule has 0 spiro atoms. The fourth-order valence-electron chi connectivity index (χ4n) is 1.42. The van der Waals surface area contributed by atoms with E-state index in [1.807, 2.05) is 0 Å². The number of thiocarbonyl (C=S) groups is 1. The highest BCUT2D eigenvalue weighted by Crippen LogP contribution is 2.33. The molecular weight excluding hydrogens is 264 g/mol. The second-order valence-corrected chi connectivity index (χ2v) is 4.01. The van der Waals surface area contributed by atoms with E-state index in [0.717, 1.165) is 0 Å². The van der Waals surface area contributed by atoms with Gasteiger partial charge in [-0.3, -0.25) is 10.9 Å². The summed E-state index contributed by atoms with van der Waals surface area (Å²) in [5, 5.41) is 13.1. The zero-order valence-corrected chi connectivity index (χ0v) is 9.89. The molecule has 88 valence electrons. The summed E-state index contributed by atoms with van der Waals surface area (Å²) in [6.45, 7) is 0. The van der Waals surface area contributed by atoms with Crippen LogP contribution in [0.25, 0.3) is 10.9 Å². The van der Waals surface area contributed by atoms with Crippen LogP contribution in [0.2, 0.25) is 5.02 Å². The fourth-order valence-corrected chi connectivity index (χ4v) is 1.64. The summed E-state index contributed by atoms with van der Waals surface area (Å²) in [6.07, 6.45) is 0. The van der Waals surface area contributed by atoms with Crippen LogP contribution >= 0.6 is 23.8 Å². The Morgan fingerprint density at radius 3 is 3.00 bits per heavy atom. The molecule has 1 aromatic heterocycles. The van der Waals surface area contributed by atoms with Crippen LogP contribution < -0.4 is 10.9 Å². The number of nitroso groups, excluding NO2 is 1. The summed E-state index contributed by atoms with van der Waals surface area (Å²) in [5.41, 5.74) is 5.99. The minimum Gasteiger partial charge on any atom is -0.493 e. The maximum Gasteiger partial charge on any atom is 0.254 e. The van der Waals surface area contributed by atoms with Crippen molar-refractivity contribution in [3.63, 3.8) is 0 Å². The van der Waals surface area contributed by atoms with Crippen molar-refractivity contribution in [1.82, 2.24) is 10.4 Å². The Balaban J connectivity index is 2.38. The number of fused-ring (bicyclic) bond motifs is 1. The number of benzene rings is 1. The van der Waals surface area contributed by atoms with Gasteiger partial charge in [-0.15, -0.1) is 4.91 Å². The molecule has 0 bridgehead atoms. The van der Waals surface area contributed by atoms with Gasteiger partial charge in [0.05, 0.1) is 5.52 Å². The molecule has 1 aromatic carbocycles. The molecule has 17 heavy (non-hydrogen) atoms. The van der Waals surface area contributed by atoms with Gasteiger partial charge >= 0.3 is 0 Å². The maximum atomic E-state index is 10.1. The molecule has 0 unspecified atom stereocenters. The highest BCUT2D eigenvalue weighted by atomic mass is 35.5. The van der Waals surface area contributed by atoms with Crippen LogP contribution in [0.15, 0.2) is 23.4 Å². The van der Waals surface area contributed by atoms with Gasteiger partial charge in [-0.2, -0.15) is 0 Å². The number of aromatic hydroxyl groups is 1. The van der Waals surface area contributed by atoms with Gasteiger partial charge in [-0.1, -0.05) is 11.6 Å². The highest BCUT2D eigenvalue weighted by molar-refractivity contribution is 7.80. The number of hydrazine groups is 1. The first kappa shape index (κ1) is 11.6. The van der Waals surface area contributed by atoms with E-state index in [4.69, 9.17) is 11.6 Å². The van der Waals surface area contributed by atoms with E-state index >= 15 is 0 Å². The first-order chi connectivity index (χ1) is 8.11. The summed E-state index contributed by atoms with van der Waals surface area (Å²) >= 11 is 10.4. The van der Waals surface area contributed by atoms with E-state index in [2.05, 4.69) is 33.2 Å². The standard InChI is InChI=1S/C9H7ClN4O2S/c10-4-1-2-6-5(3-4)7(8(15)11-6)12-13-9(17)14-16/h1-3,11-12,15H,(H,13,17). The SMILES string of the molecule is O=NC(=S)NNc1c(O)[nH]c2ccc(Cl)cc12. The predicted octanol–water partition coefficient (Wildman–Crippen LogP) is 2.49. The molecular formula is C9H7ClN4O2S. The molecule has 0 aliphatic rings. The minimum atomic E-state index is -0.263. The average molecular weight is 271 g/mol. The highest BCUT2D eigenvalue weighted by Gasteiger charge is 2.11. The molecule has 0 saturated carbocycles. The molecule has 0 saturated heterocycles. The second-order valence-electron chi connectivity index (χ2n) is 3.18. The molecule has 1 heterocycles. The van der Waals surface area contributed by atoms with Crippen molar-refractivity contribution in [2.45, 2.75) is 0 Å². The third-order valence-corrected chi connectivity index (χ3v) is 2.53. The van der Waals surface area contributed by atoms with Gasteiger partial charge in [0.1, 0.15) is 5.69 Å². The van der Waals surface area contributed by atoms with Crippen molar-refractivity contribution in [2.75, 3.05) is 5.43 Å². The van der Waals surface area contributed by atoms with Crippen molar-refractivity contribution >= 4 is 45.5 Å². The molecule has 0 aliphatic heterocycles. The van der Waals surface area contributed by atoms with Crippen molar-refractivity contribution in [1.29, 1.82) is 0 Å². The van der Waals surface area contributed by atoms with Gasteiger partial charge in [0, 0.05) is 15.6 Å². The monoisotopic (exact) mass is 270 g/mol. The van der Waals surface area contributed by atoms with Crippen molar-refractivity contribution in [2.24, 2.45) is 5.18 Å². The third kappa shape index (κ3) is 2.29. The normalized spacial score (nSPS) is 10.2. The summed E-state index contributed by atoms with van der Waals surface area (Å²) in [5.74, 6) is -0.0940. The topological polar surface area (TPSA) is 89.5 Å². The number of hydrogen-bond acceptors (Lipinski definition) is 4. The van der Waals surface area contributed by atoms with Crippen molar-refractivity contribution < 1.29 is 5.11 Å². The van der Waals surface area contributed by atoms with Crippen molar-refractivity contribution in [3.8, 4) is 5.88 Å². The smallest absolute Gasteiger partial charge is 0.254 e. The van der Waals surface area contributed by atoms with Crippen LogP contribution in [0.3, 0.4) is 0 Å². The van der Waals surface area contributed by atoms with E-state index in [1.165, 1.54) is 0 Å². The zero-order valence-electron chi connectivity index (χ0n) is 8.32. The third-order valence-electron chi connectivity index (χ3n) is 2.12. The van der Waals surface area contributed by atoms with Gasteiger partial charge in [0.15, 0.2) is 0 Å². The number of aromatic amines is 1. The lowest BCUT2D eigenvalue weighted by Crippen LogP contribution is -2.25. The van der Waals surface area contributed by atoms with Gasteiger partial charge < -0.3 is 10.1 Å². The van der Waals surface area contributed by atoms with Crippen LogP contribution in [0.1, 0.15) is 0 Å². The summed E-state index contributed by atoms with van der Waals surface area (Å²) in [6, 6.07) is 5.07. The Hall–Kier alpha value is -1.86. The zero-order chi connectivity index (χ0) is 12.4. The largest absolute Gasteiger partial charge is 0.493 e. The van der Waals surface area contributed by atoms with Crippen LogP contribution in [-0.2, 0) is 0 Å². The van der Waals surface area contributed by atoms with Gasteiger partial charge in [0.25, 0.3) is 5.11 Å². The molecule has 2 rings (SSSR count). The van der Waals surface area contributed by atoms with E-state index in [1.54, 1.807) is 18.2 Å². The minimum absolute atomic E-state index is 0.0940. The molecule has 0 atom stereocenters. The lowest BCUT2D eigenvalue weighted by atomic mass is 10.2. The Bertz CT molecular complexity index is 598. The van der Waals surface area contributed by atoms with Crippen molar-refractivity contribution in [3.05, 3.63) is 28.1 Å². The Morgan fingerprint density at radius 2 is 2.29 bits per heavy atom. The van der Waals surface area contributed by atoms with E-state index in [0.29, 0.717) is 21.6 Å². The molecule has 0 amide bonds. The van der Waals surface area contributed by atoms with Crippen LogP contribution in [0.5, 0.6) is 5.88 Å². The lowest BCUT2D eigenvalue weighted by Gasteiger charge is -2.05. The van der Waals surface area contributed by atoms with Gasteiger partial charge in [0.2, 0.25) is 5.88 Å². The number of halogens is 1. The number of aromatic nitrogens is 1. The molecule has 0 radical (unpaired) electrons. The fraction of sp³-hybridized carbons (Fsp3) is 0. The number of hydrogen-bond donors (Lipinski definition) is 4. The average Bonchev–Trinajstić information content (AvgIpc) is 2.61. The lowest BCUT2D eigenvalue weighted by molar-refractivity contribution is 0.460. The van der Waals surface area contributed by atoms with Crippen LogP contribution in [0, 0.1) is 4.91 Å². The summed E-state index contributed by atoms with van der Waals surface area (Å²) in [4.78, 5) is 12.8. The van der Waals surface area contributed by atoms with E-state index in [-0.39, 0.29) is 11.0 Å². The Kier molecular flexibility index (Phi) is 3.12. The number of nitrogens with one attached hydrogen (secondary N) is 3. The maximum absolute atomic E-state index is 10.1. The second kappa shape index (κ2) is 4.56. The number of rotatable bonds is 2. The summed E-state index contributed by atoms with van der Waals surface area (Å²) < 4.78 is 0. The molecule has 8 heteroatoms. The Labute approximate surface area is 106 Å². The number of nitrogens with zero attached hydrogens (tertiary/aromatic N) is 1. The van der Waals surface area contributed by atoms with Gasteiger partial charge in [-0.25, -0.2) is 0 Å². The molecule has 0 fully saturated rings. The molecule has 2 aromatic rings. The molecule has 0 aliphatic carbocycles. The van der Waals surface area contributed by atoms with E-state index in [9.17, 15) is 10.0 Å². The molecule has 6 nitrogen and oxygen atoms in total. The van der Waals surface area contributed by atoms with Crippen LogP contribution in [0.4, 0.5) is 5.69 Å². The predicted molar refractivity (Wildman–Crippen MR) is 70.1 cm³/mol. The van der Waals surface area contributed by atoms with Crippen LogP contribution in [-0.4, -0.2) is 15.2 Å². The Morgan fingerprint density at radius 1 is 1.53 bits per heavy atom. The molecule has 4 N–H and O–H groups in total. The summed E-state index contributed by atoms with van der Waals surface area (Å²) in [7, 11) is 0.